The van der Waals surface area contributed by atoms with Crippen LogP contribution in [0.25, 0.3) is 0 Å². The summed E-state index contributed by atoms with van der Waals surface area (Å²) in [5.74, 6) is 2.54. The monoisotopic (exact) mass is 399 g/mol. The number of nitrogens with one attached hydrogen (secondary N) is 1. The van der Waals surface area contributed by atoms with Crippen LogP contribution in [-0.2, 0) is 16.0 Å². The van der Waals surface area contributed by atoms with Crippen LogP contribution >= 0.6 is 11.8 Å². The number of ether oxygens (including phenoxy) is 1. The first-order chi connectivity index (χ1) is 13.3. The Hall–Kier alpha value is -1.94. The molecule has 2 aromatic carbocycles. The van der Waals surface area contributed by atoms with Gasteiger partial charge in [0.05, 0.1) is 0 Å². The van der Waals surface area contributed by atoms with Gasteiger partial charge in [0, 0.05) is 18.1 Å². The summed E-state index contributed by atoms with van der Waals surface area (Å²) in [7, 11) is 0. The highest BCUT2D eigenvalue weighted by molar-refractivity contribution is 7.98. The second-order valence-electron chi connectivity index (χ2n) is 8.12. The van der Waals surface area contributed by atoms with Gasteiger partial charge >= 0.3 is 0 Å². The molecule has 152 valence electrons. The molecule has 28 heavy (non-hydrogen) atoms. The van der Waals surface area contributed by atoms with Crippen molar-refractivity contribution in [2.75, 3.05) is 12.3 Å². The van der Waals surface area contributed by atoms with Crippen LogP contribution in [0.5, 0.6) is 5.75 Å². The van der Waals surface area contributed by atoms with Crippen LogP contribution in [-0.4, -0.2) is 24.3 Å². The smallest absolute Gasteiger partial charge is 0.261 e. The minimum Gasteiger partial charge on any atom is -0.481 e. The van der Waals surface area contributed by atoms with Crippen LogP contribution in [0.4, 0.5) is 0 Å². The molecule has 4 heteroatoms. The molecular formula is C24H33NO2S. The molecule has 0 aromatic heterocycles. The maximum atomic E-state index is 12.4. The normalized spacial score (nSPS) is 12.5. The van der Waals surface area contributed by atoms with Crippen molar-refractivity contribution in [1.82, 2.24) is 5.32 Å². The van der Waals surface area contributed by atoms with Gasteiger partial charge in [0.2, 0.25) is 0 Å². The number of carbonyl (C=O) groups is 1. The van der Waals surface area contributed by atoms with Gasteiger partial charge in [-0.25, -0.2) is 0 Å². The molecule has 0 spiro atoms. The van der Waals surface area contributed by atoms with Crippen molar-refractivity contribution in [2.24, 2.45) is 0 Å². The number of hydrogen-bond donors (Lipinski definition) is 1. The lowest BCUT2D eigenvalue weighted by Crippen LogP contribution is -2.39. The number of amides is 1. The fourth-order valence-electron chi connectivity index (χ4n) is 2.75. The molecule has 1 atom stereocenters. The first-order valence-electron chi connectivity index (χ1n) is 9.98. The van der Waals surface area contributed by atoms with Crippen molar-refractivity contribution in [1.29, 1.82) is 0 Å². The van der Waals surface area contributed by atoms with Crippen LogP contribution in [0.15, 0.2) is 48.5 Å². The van der Waals surface area contributed by atoms with Gasteiger partial charge in [-0.05, 0) is 42.0 Å². The highest BCUT2D eigenvalue weighted by Gasteiger charge is 2.18. The zero-order chi connectivity index (χ0) is 20.6. The highest BCUT2D eigenvalue weighted by atomic mass is 32.2. The number of benzene rings is 2. The average Bonchev–Trinajstić information content (AvgIpc) is 2.66. The Bertz CT molecular complexity index is 733. The van der Waals surface area contributed by atoms with E-state index in [0.29, 0.717) is 13.0 Å². The largest absolute Gasteiger partial charge is 0.481 e. The Kier molecular flexibility index (Phi) is 8.43. The number of hydrogen-bond acceptors (Lipinski definition) is 3. The van der Waals surface area contributed by atoms with Gasteiger partial charge in [0.15, 0.2) is 6.10 Å². The van der Waals surface area contributed by atoms with Crippen LogP contribution in [0.3, 0.4) is 0 Å². The molecular weight excluding hydrogens is 366 g/mol. The third-order valence-electron chi connectivity index (χ3n) is 4.60. The van der Waals surface area contributed by atoms with Gasteiger partial charge in [0.1, 0.15) is 5.75 Å². The standard InChI is InChI=1S/C24H33NO2S/c1-6-22(27-21-13-11-20(12-14-21)24(3,4)5)23(26)25-15-16-28-17-19-9-7-18(2)8-10-19/h7-14,22H,6,15-17H2,1-5H3,(H,25,26)/t22-/m1/s1. The third-order valence-corrected chi connectivity index (χ3v) is 5.63. The predicted octanol–water partition coefficient (Wildman–Crippen LogP) is 5.50. The third kappa shape index (κ3) is 7.23. The fourth-order valence-corrected chi connectivity index (χ4v) is 3.57. The van der Waals surface area contributed by atoms with Crippen LogP contribution in [0, 0.1) is 6.92 Å². The lowest BCUT2D eigenvalue weighted by Gasteiger charge is -2.21. The van der Waals surface area contributed by atoms with Crippen molar-refractivity contribution in [2.45, 2.75) is 58.3 Å². The summed E-state index contributed by atoms with van der Waals surface area (Å²) in [6.07, 6.45) is 0.186. The van der Waals surface area contributed by atoms with Crippen LogP contribution in [0.1, 0.15) is 50.8 Å². The summed E-state index contributed by atoms with van der Waals surface area (Å²) in [4.78, 5) is 12.4. The summed E-state index contributed by atoms with van der Waals surface area (Å²) in [6.45, 7) is 11.3. The van der Waals surface area contributed by atoms with Gasteiger partial charge < -0.3 is 10.1 Å². The molecule has 0 aliphatic carbocycles. The second-order valence-corrected chi connectivity index (χ2v) is 9.22. The SMILES string of the molecule is CC[C@@H](Oc1ccc(C(C)(C)C)cc1)C(=O)NCCSCc1ccc(C)cc1. The van der Waals surface area contributed by atoms with Crippen molar-refractivity contribution < 1.29 is 9.53 Å². The van der Waals surface area contributed by atoms with Crippen LogP contribution < -0.4 is 10.1 Å². The van der Waals surface area contributed by atoms with E-state index in [0.717, 1.165) is 17.3 Å². The topological polar surface area (TPSA) is 38.3 Å². The van der Waals surface area contributed by atoms with E-state index in [9.17, 15) is 4.79 Å². The molecule has 1 amide bonds. The summed E-state index contributed by atoms with van der Waals surface area (Å²) in [5.41, 5.74) is 3.95. The van der Waals surface area contributed by atoms with Gasteiger partial charge in [-0.15, -0.1) is 0 Å². The van der Waals surface area contributed by atoms with Crippen LogP contribution in [0.2, 0.25) is 0 Å². The molecule has 1 N–H and O–H groups in total. The molecule has 0 saturated heterocycles. The van der Waals surface area contributed by atoms with Crippen molar-refractivity contribution in [3.05, 3.63) is 65.2 Å². The molecule has 0 radical (unpaired) electrons. The lowest BCUT2D eigenvalue weighted by molar-refractivity contribution is -0.127. The molecule has 0 aliphatic rings. The maximum Gasteiger partial charge on any atom is 0.261 e. The summed E-state index contributed by atoms with van der Waals surface area (Å²) in [5, 5.41) is 3.00. The molecule has 0 fully saturated rings. The van der Waals surface area contributed by atoms with E-state index in [1.165, 1.54) is 16.7 Å². The van der Waals surface area contributed by atoms with Crippen molar-refractivity contribution in [3.63, 3.8) is 0 Å². The van der Waals surface area contributed by atoms with Crippen molar-refractivity contribution >= 4 is 17.7 Å². The Labute approximate surface area is 174 Å². The van der Waals surface area contributed by atoms with E-state index in [1.54, 1.807) is 0 Å². The first-order valence-corrected chi connectivity index (χ1v) is 11.1. The Morgan fingerprint density at radius 1 is 1.07 bits per heavy atom. The predicted molar refractivity (Wildman–Crippen MR) is 120 cm³/mol. The Balaban J connectivity index is 1.74. The second kappa shape index (κ2) is 10.6. The van der Waals surface area contributed by atoms with E-state index >= 15 is 0 Å². The number of aryl methyl sites for hydroxylation is 1. The number of thioether (sulfide) groups is 1. The maximum absolute atomic E-state index is 12.4. The van der Waals surface area contributed by atoms with Gasteiger partial charge in [-0.1, -0.05) is 69.7 Å². The highest BCUT2D eigenvalue weighted by Crippen LogP contribution is 2.25. The molecule has 0 aliphatic heterocycles. The molecule has 0 heterocycles. The number of rotatable bonds is 9. The molecule has 3 nitrogen and oxygen atoms in total. The fraction of sp³-hybridized carbons (Fsp3) is 0.458. The van der Waals surface area contributed by atoms with Crippen molar-refractivity contribution in [3.8, 4) is 5.75 Å². The minimum absolute atomic E-state index is 0.0432. The van der Waals surface area contributed by atoms with E-state index in [2.05, 4.69) is 69.4 Å². The number of carbonyl (C=O) groups excluding carboxylic acids is 1. The lowest BCUT2D eigenvalue weighted by atomic mass is 9.87. The zero-order valence-corrected chi connectivity index (χ0v) is 18.6. The average molecular weight is 400 g/mol. The Morgan fingerprint density at radius 2 is 1.71 bits per heavy atom. The molecule has 2 rings (SSSR count). The van der Waals surface area contributed by atoms with E-state index in [4.69, 9.17) is 4.74 Å². The molecule has 0 unspecified atom stereocenters. The first kappa shape index (κ1) is 22.4. The summed E-state index contributed by atoms with van der Waals surface area (Å²) in [6, 6.07) is 16.6. The van der Waals surface area contributed by atoms with Gasteiger partial charge in [-0.2, -0.15) is 11.8 Å². The molecule has 0 saturated carbocycles. The molecule has 0 bridgehead atoms. The minimum atomic E-state index is -0.456. The zero-order valence-electron chi connectivity index (χ0n) is 17.7. The summed E-state index contributed by atoms with van der Waals surface area (Å²) < 4.78 is 5.91. The molecule has 2 aromatic rings. The van der Waals surface area contributed by atoms with E-state index < -0.39 is 6.10 Å². The van der Waals surface area contributed by atoms with E-state index in [1.807, 2.05) is 30.8 Å². The summed E-state index contributed by atoms with van der Waals surface area (Å²) >= 11 is 1.83. The van der Waals surface area contributed by atoms with Gasteiger partial charge in [0.25, 0.3) is 5.91 Å². The Morgan fingerprint density at radius 3 is 2.29 bits per heavy atom. The quantitative estimate of drug-likeness (QED) is 0.566. The van der Waals surface area contributed by atoms with Gasteiger partial charge in [-0.3, -0.25) is 4.79 Å². The van der Waals surface area contributed by atoms with E-state index in [-0.39, 0.29) is 11.3 Å².